The molecule has 214 valence electrons. The summed E-state index contributed by atoms with van der Waals surface area (Å²) in [4.78, 5) is 5.25. The molecule has 0 amide bonds. The van der Waals surface area contributed by atoms with Gasteiger partial charge in [-0.05, 0) is 52.7 Å². The van der Waals surface area contributed by atoms with E-state index in [0.29, 0.717) is 0 Å². The predicted molar refractivity (Wildman–Crippen MR) is 193 cm³/mol. The summed E-state index contributed by atoms with van der Waals surface area (Å²) in [6.07, 6.45) is 2.05. The Morgan fingerprint density at radius 2 is 1.00 bits per heavy atom. The number of nitrogens with zero attached hydrogens (tertiary/aromatic N) is 3. The van der Waals surface area contributed by atoms with Gasteiger partial charge in [-0.25, -0.2) is 4.98 Å². The molecule has 0 atom stereocenters. The van der Waals surface area contributed by atoms with Gasteiger partial charge in [0.2, 0.25) is 0 Å². The lowest BCUT2D eigenvalue weighted by Gasteiger charge is -2.15. The first-order valence-corrected chi connectivity index (χ1v) is 15.7. The van der Waals surface area contributed by atoms with E-state index in [1.807, 2.05) is 6.20 Å². The van der Waals surface area contributed by atoms with Crippen molar-refractivity contribution >= 4 is 65.2 Å². The number of rotatable bonds is 3. The van der Waals surface area contributed by atoms with Gasteiger partial charge in [-0.1, -0.05) is 121 Å². The second-order valence-electron chi connectivity index (χ2n) is 12.0. The Bertz CT molecular complexity index is 2790. The van der Waals surface area contributed by atoms with Crippen molar-refractivity contribution in [3.63, 3.8) is 0 Å². The molecule has 0 N–H and O–H groups in total. The Labute approximate surface area is 265 Å². The maximum absolute atomic E-state index is 5.25. The lowest BCUT2D eigenvalue weighted by molar-refractivity contribution is 1.10. The molecule has 0 radical (unpaired) electrons. The molecule has 0 unspecified atom stereocenters. The minimum Gasteiger partial charge on any atom is -0.309 e. The van der Waals surface area contributed by atoms with Crippen molar-refractivity contribution < 1.29 is 0 Å². The lowest BCUT2D eigenvalue weighted by Crippen LogP contribution is -2.00. The monoisotopic (exact) mass is 585 g/mol. The van der Waals surface area contributed by atoms with Crippen molar-refractivity contribution in [2.24, 2.45) is 0 Å². The van der Waals surface area contributed by atoms with Gasteiger partial charge in [-0.2, -0.15) is 0 Å². The molecule has 46 heavy (non-hydrogen) atoms. The Morgan fingerprint density at radius 3 is 1.76 bits per heavy atom. The molecular formula is C43H27N3. The molecule has 10 rings (SSSR count). The van der Waals surface area contributed by atoms with E-state index in [1.165, 1.54) is 59.8 Å². The van der Waals surface area contributed by atoms with Gasteiger partial charge in [0.1, 0.15) is 5.82 Å². The van der Waals surface area contributed by atoms with Crippen molar-refractivity contribution in [1.29, 1.82) is 0 Å². The molecule has 3 heterocycles. The molecule has 7 aromatic carbocycles. The number of hydrogen-bond acceptors (Lipinski definition) is 1. The van der Waals surface area contributed by atoms with Crippen LogP contribution in [-0.2, 0) is 0 Å². The van der Waals surface area contributed by atoms with Crippen LogP contribution in [0.15, 0.2) is 164 Å². The Kier molecular flexibility index (Phi) is 5.28. The minimum absolute atomic E-state index is 0.942. The minimum atomic E-state index is 0.942. The predicted octanol–water partition coefficient (Wildman–Crippen LogP) is 11.2. The molecule has 10 aromatic rings. The van der Waals surface area contributed by atoms with Gasteiger partial charge in [0.15, 0.2) is 0 Å². The first kappa shape index (κ1) is 25.2. The van der Waals surface area contributed by atoms with E-state index in [2.05, 4.69) is 167 Å². The van der Waals surface area contributed by atoms with Crippen LogP contribution in [0.5, 0.6) is 0 Å². The first-order valence-electron chi connectivity index (χ1n) is 15.7. The summed E-state index contributed by atoms with van der Waals surface area (Å²) in [5.41, 5.74) is 8.20. The Hall–Kier alpha value is -6.19. The highest BCUT2D eigenvalue weighted by Gasteiger charge is 2.20. The lowest BCUT2D eigenvalue weighted by atomic mass is 10.0. The molecule has 3 heteroatoms. The van der Waals surface area contributed by atoms with Crippen LogP contribution in [0.4, 0.5) is 0 Å². The van der Waals surface area contributed by atoms with Crippen molar-refractivity contribution in [2.45, 2.75) is 0 Å². The Balaban J connectivity index is 1.37. The number of para-hydroxylation sites is 3. The van der Waals surface area contributed by atoms with Crippen LogP contribution in [-0.4, -0.2) is 14.1 Å². The summed E-state index contributed by atoms with van der Waals surface area (Å²) in [7, 11) is 0. The molecule has 0 aliphatic carbocycles. The third-order valence-corrected chi connectivity index (χ3v) is 9.53. The van der Waals surface area contributed by atoms with Gasteiger partial charge in [0.05, 0.1) is 22.1 Å². The quantitative estimate of drug-likeness (QED) is 0.202. The highest BCUT2D eigenvalue weighted by atomic mass is 15.1. The van der Waals surface area contributed by atoms with Crippen LogP contribution in [0.2, 0.25) is 0 Å². The number of pyridine rings is 1. The number of aromatic nitrogens is 3. The number of benzene rings is 7. The molecule has 3 aromatic heterocycles. The molecule has 0 spiro atoms. The highest BCUT2D eigenvalue weighted by Crippen LogP contribution is 2.42. The third kappa shape index (κ3) is 3.51. The SMILES string of the molecule is c1ccc(-c2cnc(-n3c4ccccc4c4ccc5cc6c7ccccc7n(-c7ccccc7)c6cc5c43)c3ccccc23)cc1. The van der Waals surface area contributed by atoms with E-state index in [0.717, 1.165) is 28.0 Å². The zero-order valence-corrected chi connectivity index (χ0v) is 24.9. The van der Waals surface area contributed by atoms with Crippen molar-refractivity contribution in [3.8, 4) is 22.6 Å². The average Bonchev–Trinajstić information content (AvgIpc) is 3.64. The normalized spacial score (nSPS) is 11.9. The fourth-order valence-electron chi connectivity index (χ4n) is 7.53. The van der Waals surface area contributed by atoms with Crippen molar-refractivity contribution in [3.05, 3.63) is 164 Å². The number of hydrogen-bond donors (Lipinski definition) is 0. The van der Waals surface area contributed by atoms with Crippen LogP contribution in [0.25, 0.3) is 87.8 Å². The van der Waals surface area contributed by atoms with Gasteiger partial charge in [-0.3, -0.25) is 4.57 Å². The van der Waals surface area contributed by atoms with E-state index in [9.17, 15) is 0 Å². The average molecular weight is 586 g/mol. The molecule has 0 fully saturated rings. The van der Waals surface area contributed by atoms with Crippen LogP contribution in [0.1, 0.15) is 0 Å². The van der Waals surface area contributed by atoms with E-state index in [4.69, 9.17) is 4.98 Å². The largest absolute Gasteiger partial charge is 0.309 e. The molecule has 0 saturated carbocycles. The third-order valence-electron chi connectivity index (χ3n) is 9.53. The van der Waals surface area contributed by atoms with Crippen LogP contribution in [0, 0.1) is 0 Å². The molecule has 0 aliphatic heterocycles. The summed E-state index contributed by atoms with van der Waals surface area (Å²) >= 11 is 0. The Morgan fingerprint density at radius 1 is 0.391 bits per heavy atom. The van der Waals surface area contributed by atoms with Crippen LogP contribution in [0.3, 0.4) is 0 Å². The second kappa shape index (κ2) is 9.65. The summed E-state index contributed by atoms with van der Waals surface area (Å²) in [6, 6.07) is 56.7. The zero-order chi connectivity index (χ0) is 30.2. The van der Waals surface area contributed by atoms with Crippen molar-refractivity contribution in [2.75, 3.05) is 0 Å². The van der Waals surface area contributed by atoms with E-state index in [1.54, 1.807) is 0 Å². The molecular weight excluding hydrogens is 558 g/mol. The van der Waals surface area contributed by atoms with Gasteiger partial charge in [0, 0.05) is 49.8 Å². The van der Waals surface area contributed by atoms with Gasteiger partial charge < -0.3 is 4.57 Å². The number of fused-ring (bicyclic) bond motifs is 9. The molecule has 0 bridgehead atoms. The maximum atomic E-state index is 5.25. The van der Waals surface area contributed by atoms with Gasteiger partial charge in [0.25, 0.3) is 0 Å². The smallest absolute Gasteiger partial charge is 0.145 e. The van der Waals surface area contributed by atoms with Crippen LogP contribution >= 0.6 is 0 Å². The summed E-state index contributed by atoms with van der Waals surface area (Å²) in [5, 5.41) is 9.70. The fourth-order valence-corrected chi connectivity index (χ4v) is 7.53. The highest BCUT2D eigenvalue weighted by molar-refractivity contribution is 6.23. The van der Waals surface area contributed by atoms with Crippen LogP contribution < -0.4 is 0 Å². The zero-order valence-electron chi connectivity index (χ0n) is 24.9. The van der Waals surface area contributed by atoms with Crippen molar-refractivity contribution in [1.82, 2.24) is 14.1 Å². The summed E-state index contributed by atoms with van der Waals surface area (Å²) in [6.45, 7) is 0. The second-order valence-corrected chi connectivity index (χ2v) is 12.0. The molecule has 3 nitrogen and oxygen atoms in total. The summed E-state index contributed by atoms with van der Waals surface area (Å²) in [5.74, 6) is 0.942. The van der Waals surface area contributed by atoms with E-state index in [-0.39, 0.29) is 0 Å². The summed E-state index contributed by atoms with van der Waals surface area (Å²) < 4.78 is 4.80. The molecule has 0 aliphatic rings. The first-order chi connectivity index (χ1) is 22.8. The fraction of sp³-hybridized carbons (Fsp3) is 0. The molecule has 0 saturated heterocycles. The topological polar surface area (TPSA) is 22.8 Å². The van der Waals surface area contributed by atoms with Gasteiger partial charge in [-0.15, -0.1) is 0 Å². The van der Waals surface area contributed by atoms with Gasteiger partial charge >= 0.3 is 0 Å². The maximum Gasteiger partial charge on any atom is 0.145 e. The standard InChI is InChI=1S/C43H27N3/c1-3-13-28(14-4-1)38-27-44-43(35-20-8-7-17-31(35)38)46-40-22-12-9-18-32(40)34-24-23-29-25-37-33-19-10-11-21-39(33)45(30-15-5-2-6-16-30)41(37)26-36(29)42(34)46/h1-27H. The van der Waals surface area contributed by atoms with E-state index < -0.39 is 0 Å². The van der Waals surface area contributed by atoms with E-state index >= 15 is 0 Å².